The third-order valence-corrected chi connectivity index (χ3v) is 24.6. The first-order valence-corrected chi connectivity index (χ1v) is 47.0. The van der Waals surface area contributed by atoms with E-state index >= 15 is 0 Å². The Labute approximate surface area is 652 Å². The molecule has 18 heteroatoms. The summed E-state index contributed by atoms with van der Waals surface area (Å²) in [5, 5.41) is 26.8. The number of nitrogens with zero attached hydrogens (tertiary/aromatic N) is 4. The van der Waals surface area contributed by atoms with E-state index in [9.17, 15) is 26.7 Å². The van der Waals surface area contributed by atoms with E-state index in [1.807, 2.05) is 18.7 Å². The topological polar surface area (TPSA) is 177 Å². The molecule has 0 aromatic carbocycles. The molecule has 2 unspecified atom stereocenters. The number of morpholine rings is 1. The normalized spacial score (nSPS) is 23.7. The average Bonchev–Trinajstić information content (AvgIpc) is 0.879. The summed E-state index contributed by atoms with van der Waals surface area (Å²) in [7, 11) is -5.38. The first-order valence-electron chi connectivity index (χ1n) is 41.2. The van der Waals surface area contributed by atoms with Gasteiger partial charge in [-0.15, -0.1) is 0 Å². The van der Waals surface area contributed by atoms with Gasteiger partial charge >= 0.3 is 0 Å². The van der Waals surface area contributed by atoms with Crippen molar-refractivity contribution < 1.29 is 46.4 Å². The van der Waals surface area contributed by atoms with Gasteiger partial charge in [0.1, 0.15) is 9.84 Å². The van der Waals surface area contributed by atoms with Crippen LogP contribution in [0.25, 0.3) is 0 Å². The van der Waals surface area contributed by atoms with Crippen LogP contribution in [0, 0.1) is 79.8 Å². The van der Waals surface area contributed by atoms with Crippen molar-refractivity contribution in [2.45, 2.75) is 319 Å². The van der Waals surface area contributed by atoms with Crippen molar-refractivity contribution in [3.05, 3.63) is 0 Å². The van der Waals surface area contributed by atoms with Crippen molar-refractivity contribution in [1.82, 2.24) is 19.6 Å². The lowest BCUT2D eigenvalue weighted by Gasteiger charge is -2.37. The highest BCUT2D eigenvalue weighted by Crippen LogP contribution is 2.39. The van der Waals surface area contributed by atoms with Crippen LogP contribution in [0.2, 0.25) is 0 Å². The Morgan fingerprint density at radius 3 is 1.30 bits per heavy atom. The average molecular weight is 1590 g/mol. The first-order chi connectivity index (χ1) is 47.0. The molecule has 0 aromatic rings. The Balaban J connectivity index is 0.00000115. The van der Waals surface area contributed by atoms with E-state index in [0.717, 1.165) is 164 Å². The molecule has 0 spiro atoms. The van der Waals surface area contributed by atoms with Crippen LogP contribution in [0.4, 0.5) is 0 Å². The molecule has 6 aliphatic heterocycles. The summed E-state index contributed by atoms with van der Waals surface area (Å²) in [6, 6.07) is 0. The van der Waals surface area contributed by atoms with Gasteiger partial charge in [-0.1, -0.05) is 195 Å². The molecule has 0 radical (unpaired) electrons. The van der Waals surface area contributed by atoms with Crippen LogP contribution in [0.5, 0.6) is 0 Å². The molecular formula is C85H173BrN4O10S3. The molecule has 6 heterocycles. The second-order valence-electron chi connectivity index (χ2n) is 41.4. The standard InChI is InChI=1S/C14H27N3O2.C11H21Br.C10H20O2S.C9H19NO2S.2C9H18O.C9H18S.C8H18O.C6H14O/c1-13(2)11-15-3-5-17(6-4-15)14(18)12-16-7-9-19-10-8-16;1-11(2,3)8-9-5-4-6-10(12)7-9;1-10(2,3)8-9-4-6-13(11,12)7-5-9;1-9(2,3)8-10-4-6-13(11,12)7-5-10;1-9(2,3)6-7-4-8(10)5-7;2*1-8(2)7-9-3-5-10-6-4-9;1-7(2,3)6-8(4,5)9;1-6(2,3)4-5-7/h13H,3-12H2,1-2H3;9-10H,4-8H2,1-3H3;9H,4-8H2,1-3H3;4-8H2,1-3H3;7-8,10H,4-6H2,1-3H3;2*8-9H,3-7H2,1-2H3;9H,6H2,1-5H3;7H,4-5H2,1-3H3. The number of thioether (sulfide) groups is 1. The maximum atomic E-state index is 12.2. The number of halogens is 1. The van der Waals surface area contributed by atoms with E-state index in [2.05, 4.69) is 209 Å². The van der Waals surface area contributed by atoms with Crippen LogP contribution >= 0.6 is 27.7 Å². The summed E-state index contributed by atoms with van der Waals surface area (Å²) >= 11 is 5.86. The van der Waals surface area contributed by atoms with Crippen molar-refractivity contribution in [3.63, 3.8) is 0 Å². The van der Waals surface area contributed by atoms with Gasteiger partial charge in [0.15, 0.2) is 9.84 Å². The van der Waals surface area contributed by atoms with Gasteiger partial charge in [0.2, 0.25) is 5.91 Å². The van der Waals surface area contributed by atoms with Crippen molar-refractivity contribution in [2.75, 3.05) is 140 Å². The van der Waals surface area contributed by atoms with Gasteiger partial charge in [0.25, 0.3) is 0 Å². The van der Waals surface area contributed by atoms with Crippen LogP contribution in [-0.4, -0.2) is 214 Å². The zero-order valence-electron chi connectivity index (χ0n) is 72.4. The van der Waals surface area contributed by atoms with Crippen LogP contribution in [0.3, 0.4) is 0 Å². The van der Waals surface area contributed by atoms with E-state index < -0.39 is 25.3 Å². The third-order valence-electron chi connectivity index (χ3n) is 19.4. The number of piperazine rings is 1. The lowest BCUT2D eigenvalue weighted by molar-refractivity contribution is -0.135. The van der Waals surface area contributed by atoms with E-state index in [1.54, 1.807) is 0 Å². The number of rotatable bonds is 14. The molecule has 2 saturated carbocycles. The number of carbonyl (C=O) groups excluding carboxylic acids is 1. The summed E-state index contributed by atoms with van der Waals surface area (Å²) in [5.41, 5.74) is 1.59. The number of aliphatic hydroxyl groups excluding tert-OH is 2. The third kappa shape index (κ3) is 64.1. The fourth-order valence-electron chi connectivity index (χ4n) is 15.3. The summed E-state index contributed by atoms with van der Waals surface area (Å²) in [4.78, 5) is 21.9. The zero-order chi connectivity index (χ0) is 79.3. The highest BCUT2D eigenvalue weighted by atomic mass is 79.9. The van der Waals surface area contributed by atoms with Gasteiger partial charge in [-0.3, -0.25) is 14.6 Å². The van der Waals surface area contributed by atoms with Crippen molar-refractivity contribution in [2.24, 2.45) is 79.8 Å². The summed E-state index contributed by atoms with van der Waals surface area (Å²) < 4.78 is 55.2. The van der Waals surface area contributed by atoms with Gasteiger partial charge < -0.3 is 34.6 Å². The summed E-state index contributed by atoms with van der Waals surface area (Å²) in [6.07, 6.45) is 23.5. The molecule has 3 N–H and O–H groups in total. The maximum absolute atomic E-state index is 12.2. The first kappa shape index (κ1) is 103. The molecule has 0 bridgehead atoms. The van der Waals surface area contributed by atoms with Crippen LogP contribution in [-0.2, 0) is 33.9 Å². The molecule has 8 aliphatic rings. The van der Waals surface area contributed by atoms with Gasteiger partial charge in [-0.05, 0) is 214 Å². The summed E-state index contributed by atoms with van der Waals surface area (Å²) in [5.74, 6) is 11.5. The zero-order valence-corrected chi connectivity index (χ0v) is 76.4. The van der Waals surface area contributed by atoms with Crippen molar-refractivity contribution >= 4 is 53.3 Å². The van der Waals surface area contributed by atoms with Crippen molar-refractivity contribution in [3.8, 4) is 0 Å². The minimum atomic E-state index is -2.71. The van der Waals surface area contributed by atoms with Gasteiger partial charge in [0, 0.05) is 90.1 Å². The molecule has 6 saturated heterocycles. The Kier molecular flexibility index (Phi) is 50.7. The second-order valence-corrected chi connectivity index (χ2v) is 48.5. The predicted molar refractivity (Wildman–Crippen MR) is 451 cm³/mol. The Morgan fingerprint density at radius 2 is 0.922 bits per heavy atom. The Hall–Kier alpha value is -0.120. The molecule has 103 heavy (non-hydrogen) atoms. The molecule has 14 nitrogen and oxygen atoms in total. The molecule has 1 amide bonds. The van der Waals surface area contributed by atoms with Gasteiger partial charge in [-0.25, -0.2) is 16.8 Å². The number of amides is 1. The Morgan fingerprint density at radius 1 is 0.476 bits per heavy atom. The molecule has 2 aliphatic carbocycles. The minimum Gasteiger partial charge on any atom is -0.396 e. The number of hydrogen-bond acceptors (Lipinski definition) is 14. The molecular weight excluding hydrogens is 1410 g/mol. The monoisotopic (exact) mass is 1590 g/mol. The number of hydrogen-bond donors (Lipinski definition) is 3. The molecule has 8 rings (SSSR count). The maximum Gasteiger partial charge on any atom is 0.236 e. The van der Waals surface area contributed by atoms with E-state index in [-0.39, 0.29) is 22.8 Å². The van der Waals surface area contributed by atoms with E-state index in [1.165, 1.54) is 88.6 Å². The lowest BCUT2D eigenvalue weighted by Crippen LogP contribution is -2.52. The van der Waals surface area contributed by atoms with Crippen LogP contribution in [0.15, 0.2) is 0 Å². The summed E-state index contributed by atoms with van der Waals surface area (Å²) in [6.45, 7) is 70.7. The lowest BCUT2D eigenvalue weighted by atomic mass is 9.73. The fourth-order valence-corrected chi connectivity index (χ4v) is 20.2. The van der Waals surface area contributed by atoms with Crippen LogP contribution < -0.4 is 0 Å². The Bertz CT molecular complexity index is 2230. The smallest absolute Gasteiger partial charge is 0.236 e. The van der Waals surface area contributed by atoms with E-state index in [0.29, 0.717) is 82.7 Å². The number of alkyl halides is 1. The molecule has 618 valence electrons. The number of carbonyl (C=O) groups is 1. The largest absolute Gasteiger partial charge is 0.396 e. The highest BCUT2D eigenvalue weighted by molar-refractivity contribution is 9.09. The molecule has 8 fully saturated rings. The highest BCUT2D eigenvalue weighted by Gasteiger charge is 2.32. The number of ether oxygens (including phenoxy) is 2. The quantitative estimate of drug-likeness (QED) is 0.140. The fraction of sp³-hybridized carbons (Fsp3) is 0.988. The van der Waals surface area contributed by atoms with Crippen LogP contribution in [0.1, 0.15) is 302 Å². The predicted octanol–water partition coefficient (Wildman–Crippen LogP) is 18.9. The van der Waals surface area contributed by atoms with Crippen molar-refractivity contribution in [1.29, 1.82) is 0 Å². The van der Waals surface area contributed by atoms with Gasteiger partial charge in [-0.2, -0.15) is 11.8 Å². The molecule has 2 atom stereocenters. The van der Waals surface area contributed by atoms with E-state index in [4.69, 9.17) is 19.7 Å². The second kappa shape index (κ2) is 50.8. The molecule has 0 aromatic heterocycles. The SMILES string of the molecule is CC(C)(C)CC(C)(C)O.CC(C)(C)CC1CC(O)C1.CC(C)(C)CC1CCCC(Br)C1.CC(C)(C)CC1CCS(=O)(=O)CC1.CC(C)(C)CCO.CC(C)(C)CN1CCS(=O)(=O)CC1.CC(C)CC1CCOCC1.CC(C)CC1CCSCC1.CC(C)CN1CCN(C(=O)CN2CCOCC2)CC1. The number of sulfone groups is 2. The van der Waals surface area contributed by atoms with Gasteiger partial charge in [0.05, 0.1) is 54.5 Å². The number of aliphatic hydroxyl groups is 3. The minimum absolute atomic E-state index is 0.0207.